The summed E-state index contributed by atoms with van der Waals surface area (Å²) < 4.78 is 89.7. The zero-order valence-electron chi connectivity index (χ0n) is 21.2. The highest BCUT2D eigenvalue weighted by atomic mass is 32.2. The van der Waals surface area contributed by atoms with E-state index in [1.54, 1.807) is 12.3 Å². The summed E-state index contributed by atoms with van der Waals surface area (Å²) in [5, 5.41) is 18.9. The lowest BCUT2D eigenvalue weighted by Gasteiger charge is -2.16. The Balaban J connectivity index is 1.31. The van der Waals surface area contributed by atoms with Crippen LogP contribution in [0.15, 0.2) is 42.7 Å². The van der Waals surface area contributed by atoms with Crippen molar-refractivity contribution in [3.05, 3.63) is 70.8 Å². The minimum Gasteiger partial charge on any atom is -0.478 e. The van der Waals surface area contributed by atoms with Crippen molar-refractivity contribution >= 4 is 9.84 Å². The van der Waals surface area contributed by atoms with Gasteiger partial charge in [0, 0.05) is 47.8 Å². The molecule has 214 valence electrons. The number of aliphatic hydroxyl groups is 2. The van der Waals surface area contributed by atoms with Crippen LogP contribution in [0.4, 0.5) is 17.6 Å². The Hall–Kier alpha value is -3.29. The van der Waals surface area contributed by atoms with Gasteiger partial charge in [-0.1, -0.05) is 6.07 Å². The van der Waals surface area contributed by atoms with Crippen molar-refractivity contribution in [3.63, 3.8) is 0 Å². The average Bonchev–Trinajstić information content (AvgIpc) is 3.47. The first kappa shape index (κ1) is 28.2. The van der Waals surface area contributed by atoms with Gasteiger partial charge in [-0.2, -0.15) is 13.2 Å². The van der Waals surface area contributed by atoms with Crippen molar-refractivity contribution in [2.45, 2.75) is 37.8 Å². The second kappa shape index (κ2) is 10.6. The molecule has 0 aliphatic heterocycles. The number of nitrogens with zero attached hydrogens (tertiary/aromatic N) is 2. The van der Waals surface area contributed by atoms with E-state index in [2.05, 4.69) is 9.97 Å². The van der Waals surface area contributed by atoms with Crippen LogP contribution >= 0.6 is 0 Å². The quantitative estimate of drug-likeness (QED) is 0.210. The highest BCUT2D eigenvalue weighted by Crippen LogP contribution is 2.62. The molecule has 2 aromatic heterocycles. The van der Waals surface area contributed by atoms with Crippen LogP contribution in [0.1, 0.15) is 34.6 Å². The molecule has 1 fully saturated rings. The smallest absolute Gasteiger partial charge is 0.417 e. The van der Waals surface area contributed by atoms with Crippen molar-refractivity contribution < 1.29 is 45.7 Å². The first-order valence-corrected chi connectivity index (χ1v) is 14.5. The summed E-state index contributed by atoms with van der Waals surface area (Å²) in [6.07, 6.45) is -1.76. The van der Waals surface area contributed by atoms with Gasteiger partial charge in [0.1, 0.15) is 22.3 Å². The van der Waals surface area contributed by atoms with Gasteiger partial charge < -0.3 is 19.7 Å². The van der Waals surface area contributed by atoms with Crippen LogP contribution in [-0.2, 0) is 29.0 Å². The number of fused-ring (bicyclic) bond motifs is 3. The number of benzene rings is 1. The van der Waals surface area contributed by atoms with Crippen LogP contribution in [0.2, 0.25) is 0 Å². The van der Waals surface area contributed by atoms with E-state index in [9.17, 15) is 36.2 Å². The highest BCUT2D eigenvalue weighted by Gasteiger charge is 2.58. The van der Waals surface area contributed by atoms with Crippen LogP contribution in [-0.4, -0.2) is 53.5 Å². The van der Waals surface area contributed by atoms with Crippen LogP contribution in [0, 0.1) is 17.7 Å². The van der Waals surface area contributed by atoms with E-state index in [0.29, 0.717) is 6.42 Å². The number of alkyl halides is 3. The normalized spacial score (nSPS) is 19.9. The average molecular weight is 583 g/mol. The molecule has 2 aliphatic carbocycles. The van der Waals surface area contributed by atoms with E-state index in [0.717, 1.165) is 35.7 Å². The molecule has 1 aromatic carbocycles. The van der Waals surface area contributed by atoms with Crippen LogP contribution < -0.4 is 9.47 Å². The minimum atomic E-state index is -4.77. The molecule has 0 radical (unpaired) electrons. The third kappa shape index (κ3) is 6.06. The molecule has 2 N–H and O–H groups in total. The Morgan fingerprint density at radius 2 is 1.80 bits per heavy atom. The Kier molecular flexibility index (Phi) is 7.48. The van der Waals surface area contributed by atoms with Gasteiger partial charge in [-0.25, -0.2) is 22.8 Å². The number of aliphatic hydroxyl groups excluding tert-OH is 1. The Labute approximate surface area is 227 Å². The van der Waals surface area contributed by atoms with Crippen molar-refractivity contribution in [3.8, 4) is 22.9 Å². The van der Waals surface area contributed by atoms with E-state index >= 15 is 0 Å². The molecule has 0 unspecified atom stereocenters. The minimum absolute atomic E-state index is 0.0142. The SMILES string of the molecule is CS(=O)(=O)CCCOc1cc(C(F)(F)F)c(-c2ccc(F)c(COc3cc4c(cn3)[C@H]3[C@@H](C4)[C@@H]3C(O)O)c2)cn1. The molecular weight excluding hydrogens is 556 g/mol. The molecule has 1 saturated carbocycles. The molecule has 2 heterocycles. The standard InChI is InChI=1S/C27H26F4N2O6S/c1-40(36,37)6-2-5-38-23-10-20(27(29,30)31)18(11-32-23)14-3-4-21(28)16(7-14)13-39-22-9-15-8-17-24(19(15)12-33-22)25(17)26(34)35/h3-4,7,9-12,17,24-26,34-35H,2,5-6,8,13H2,1H3/t17-,24-,25+/m1/s1. The van der Waals surface area contributed by atoms with E-state index in [4.69, 9.17) is 9.47 Å². The Bertz CT molecular complexity index is 1530. The fourth-order valence-corrected chi connectivity index (χ4v) is 5.93. The van der Waals surface area contributed by atoms with Crippen LogP contribution in [0.5, 0.6) is 11.8 Å². The summed E-state index contributed by atoms with van der Waals surface area (Å²) in [4.78, 5) is 8.16. The molecule has 2 aliphatic rings. The third-order valence-corrected chi connectivity index (χ3v) is 8.24. The fourth-order valence-electron chi connectivity index (χ4n) is 5.29. The number of rotatable bonds is 10. The maximum absolute atomic E-state index is 14.6. The molecular formula is C27H26F4N2O6S. The van der Waals surface area contributed by atoms with Gasteiger partial charge in [-0.3, -0.25) is 0 Å². The summed E-state index contributed by atoms with van der Waals surface area (Å²) in [5.74, 6) is -0.939. The first-order chi connectivity index (χ1) is 18.8. The zero-order chi connectivity index (χ0) is 28.8. The summed E-state index contributed by atoms with van der Waals surface area (Å²) in [6, 6.07) is 5.96. The van der Waals surface area contributed by atoms with Gasteiger partial charge in [0.25, 0.3) is 0 Å². The number of pyridine rings is 2. The number of sulfone groups is 1. The lowest BCUT2D eigenvalue weighted by molar-refractivity contribution is -0.137. The topological polar surface area (TPSA) is 119 Å². The molecule has 0 amide bonds. The van der Waals surface area contributed by atoms with Gasteiger partial charge in [0.15, 0.2) is 6.29 Å². The van der Waals surface area contributed by atoms with Crippen molar-refractivity contribution in [1.29, 1.82) is 0 Å². The molecule has 13 heteroatoms. The van der Waals surface area contributed by atoms with Crippen molar-refractivity contribution in [2.24, 2.45) is 11.8 Å². The predicted molar refractivity (Wildman–Crippen MR) is 135 cm³/mol. The molecule has 8 nitrogen and oxygen atoms in total. The van der Waals surface area contributed by atoms with Crippen molar-refractivity contribution in [1.82, 2.24) is 9.97 Å². The molecule has 3 atom stereocenters. The lowest BCUT2D eigenvalue weighted by Crippen LogP contribution is -2.12. The largest absolute Gasteiger partial charge is 0.478 e. The second-order valence-electron chi connectivity index (χ2n) is 10.1. The van der Waals surface area contributed by atoms with Gasteiger partial charge in [0.05, 0.1) is 17.9 Å². The molecule has 3 aromatic rings. The first-order valence-electron chi connectivity index (χ1n) is 12.5. The monoisotopic (exact) mass is 582 g/mol. The number of hydrogen-bond acceptors (Lipinski definition) is 8. The van der Waals surface area contributed by atoms with Crippen LogP contribution in [0.3, 0.4) is 0 Å². The van der Waals surface area contributed by atoms with E-state index in [1.165, 1.54) is 12.1 Å². The lowest BCUT2D eigenvalue weighted by atomic mass is 9.99. The Morgan fingerprint density at radius 3 is 2.50 bits per heavy atom. The molecule has 0 spiro atoms. The summed E-state index contributed by atoms with van der Waals surface area (Å²) in [6.45, 7) is -0.413. The number of hydrogen-bond donors (Lipinski definition) is 2. The number of aromatic nitrogens is 2. The predicted octanol–water partition coefficient (Wildman–Crippen LogP) is 3.89. The van der Waals surface area contributed by atoms with Gasteiger partial charge in [-0.15, -0.1) is 0 Å². The highest BCUT2D eigenvalue weighted by molar-refractivity contribution is 7.90. The number of ether oxygens (including phenoxy) is 2. The molecule has 0 bridgehead atoms. The van der Waals surface area contributed by atoms with E-state index in [1.807, 2.05) is 0 Å². The van der Waals surface area contributed by atoms with Gasteiger partial charge in [-0.05, 0) is 53.5 Å². The molecule has 5 rings (SSSR count). The van der Waals surface area contributed by atoms with Crippen molar-refractivity contribution in [2.75, 3.05) is 18.6 Å². The number of halogens is 4. The fraction of sp³-hybridized carbons (Fsp3) is 0.407. The summed E-state index contributed by atoms with van der Waals surface area (Å²) >= 11 is 0. The second-order valence-corrected chi connectivity index (χ2v) is 12.4. The van der Waals surface area contributed by atoms with Gasteiger partial charge >= 0.3 is 6.18 Å². The third-order valence-electron chi connectivity index (χ3n) is 7.21. The maximum Gasteiger partial charge on any atom is 0.417 e. The molecule has 40 heavy (non-hydrogen) atoms. The summed E-state index contributed by atoms with van der Waals surface area (Å²) in [7, 11) is -3.23. The van der Waals surface area contributed by atoms with Gasteiger partial charge in [0.2, 0.25) is 11.8 Å². The van der Waals surface area contributed by atoms with Crippen LogP contribution in [0.25, 0.3) is 11.1 Å². The maximum atomic E-state index is 14.6. The Morgan fingerprint density at radius 1 is 1.07 bits per heavy atom. The molecule has 0 saturated heterocycles. The van der Waals surface area contributed by atoms with E-state index < -0.39 is 33.7 Å². The summed E-state index contributed by atoms with van der Waals surface area (Å²) in [5.41, 5.74) is 0.653. The van der Waals surface area contributed by atoms with E-state index in [-0.39, 0.29) is 71.6 Å². The zero-order valence-corrected chi connectivity index (χ0v) is 22.0.